The van der Waals surface area contributed by atoms with Gasteiger partial charge in [-0.1, -0.05) is 116 Å². The van der Waals surface area contributed by atoms with E-state index >= 15 is 0 Å². The van der Waals surface area contributed by atoms with E-state index in [-0.39, 0.29) is 88.8 Å². The zero-order chi connectivity index (χ0) is 61.0. The van der Waals surface area contributed by atoms with E-state index in [0.717, 1.165) is 69.9 Å². The Balaban J connectivity index is 0.00000162. The summed E-state index contributed by atoms with van der Waals surface area (Å²) in [5.74, 6) is -3.16. The summed E-state index contributed by atoms with van der Waals surface area (Å²) in [6, 6.07) is 0. The molecule has 1 heterocycles. The van der Waals surface area contributed by atoms with E-state index in [9.17, 15) is 53.4 Å². The van der Waals surface area contributed by atoms with Crippen LogP contribution in [0.1, 0.15) is 239 Å². The number of amides is 2. The minimum absolute atomic E-state index is 0. The molecule has 2 atom stereocenters. The van der Waals surface area contributed by atoms with E-state index in [1.165, 1.54) is 90.3 Å². The minimum Gasteiger partial charge on any atom is -0.481 e. The number of unbranched alkanes of at least 4 members (excludes halogenated alkanes) is 17. The lowest BCUT2D eigenvalue weighted by Crippen LogP contribution is -2.31. The highest BCUT2D eigenvalue weighted by Gasteiger charge is 2.30. The average Bonchev–Trinajstić information content (AvgIpc) is 4.12. The summed E-state index contributed by atoms with van der Waals surface area (Å²) in [6.07, 6.45) is 34.2. The molecule has 2 amide bonds. The van der Waals surface area contributed by atoms with Crippen LogP contribution < -0.4 is 10.6 Å². The number of carbonyl (C=O) groups is 9. The van der Waals surface area contributed by atoms with Gasteiger partial charge in [0.1, 0.15) is 30.6 Å². The molecule has 1 aromatic heterocycles. The van der Waals surface area contributed by atoms with Gasteiger partial charge in [-0.15, -0.1) is 0 Å². The molecule has 0 aromatic carbocycles. The van der Waals surface area contributed by atoms with E-state index in [1.54, 1.807) is 6.20 Å². The summed E-state index contributed by atoms with van der Waals surface area (Å²) in [5.41, 5.74) is 0.844. The number of rotatable bonds is 56. The number of nitrogens with zero attached hydrogens (tertiary/aromatic N) is 1. The van der Waals surface area contributed by atoms with Gasteiger partial charge < -0.3 is 49.9 Å². The van der Waals surface area contributed by atoms with Crippen LogP contribution in [0.25, 0.3) is 0 Å². The maximum absolute atomic E-state index is 12.6. The SMILES string of the molecule is CC(=O)NCCOCCOCC(=O)NCCOCCOCC(=O)CCCCC[C@H](CC(=O)CCc1cnc[nH]1)C(=O)O.CCCC(CC(=O)C1CCC(CCC(=O)CCCCCCCCCCCCCCCCCCC(=O)O)CC1)C(=O)O.[HH]. The number of hydrogen-bond donors (Lipinski definition) is 6. The molecule has 1 unspecified atom stereocenters. The monoisotopic (exact) mass is 1180 g/mol. The lowest BCUT2D eigenvalue weighted by Gasteiger charge is -2.28. The molecule has 0 radical (unpaired) electrons. The molecule has 20 heteroatoms. The van der Waals surface area contributed by atoms with Gasteiger partial charge in [-0.05, 0) is 76.5 Å². The molecule has 0 aliphatic heterocycles. The highest BCUT2D eigenvalue weighted by molar-refractivity contribution is 5.86. The number of carbonyl (C=O) groups excluding carboxylic acids is 6. The average molecular weight is 1180 g/mol. The van der Waals surface area contributed by atoms with E-state index in [2.05, 4.69) is 20.6 Å². The molecule has 83 heavy (non-hydrogen) atoms. The van der Waals surface area contributed by atoms with E-state index in [1.807, 2.05) is 6.92 Å². The lowest BCUT2D eigenvalue weighted by molar-refractivity contribution is -0.145. The van der Waals surface area contributed by atoms with E-state index in [0.29, 0.717) is 109 Å². The van der Waals surface area contributed by atoms with E-state index in [4.69, 9.17) is 24.1 Å². The molecule has 1 aromatic rings. The Labute approximate surface area is 497 Å². The highest BCUT2D eigenvalue weighted by atomic mass is 16.5. The normalized spacial score (nSPS) is 14.7. The Kier molecular flexibility index (Phi) is 48.2. The largest absolute Gasteiger partial charge is 0.481 e. The zero-order valence-corrected chi connectivity index (χ0v) is 50.9. The fourth-order valence-electron chi connectivity index (χ4n) is 10.2. The van der Waals surface area contributed by atoms with Crippen molar-refractivity contribution in [3.05, 3.63) is 18.2 Å². The Hall–Kier alpha value is -4.92. The first-order valence-corrected chi connectivity index (χ1v) is 31.7. The van der Waals surface area contributed by atoms with Crippen LogP contribution in [0.15, 0.2) is 12.5 Å². The smallest absolute Gasteiger partial charge is 0.306 e. The van der Waals surface area contributed by atoms with Crippen molar-refractivity contribution < 1.29 is 78.8 Å². The van der Waals surface area contributed by atoms with Crippen molar-refractivity contribution >= 4 is 52.9 Å². The van der Waals surface area contributed by atoms with Crippen LogP contribution in [0.3, 0.4) is 0 Å². The number of imidazole rings is 1. The van der Waals surface area contributed by atoms with Gasteiger partial charge in [0.05, 0.1) is 57.8 Å². The van der Waals surface area contributed by atoms with Crippen LogP contribution in [0, 0.1) is 23.7 Å². The second kappa shape index (κ2) is 52.6. The first kappa shape index (κ1) is 76.1. The highest BCUT2D eigenvalue weighted by Crippen LogP contribution is 2.34. The predicted octanol–water partition coefficient (Wildman–Crippen LogP) is 10.8. The number of ether oxygens (including phenoxy) is 4. The van der Waals surface area contributed by atoms with Crippen LogP contribution in [0.2, 0.25) is 0 Å². The number of carboxylic acid groups (broad SMARTS) is 3. The molecule has 478 valence electrons. The second-order valence-electron chi connectivity index (χ2n) is 22.5. The fraction of sp³-hybridized carbons (Fsp3) is 0.810. The number of aliphatic carboxylic acids is 3. The summed E-state index contributed by atoms with van der Waals surface area (Å²) >= 11 is 0. The molecule has 0 spiro atoms. The topological polar surface area (TPSA) is 304 Å². The molecule has 0 bridgehead atoms. The van der Waals surface area contributed by atoms with Crippen molar-refractivity contribution in [3.63, 3.8) is 0 Å². The molecule has 1 fully saturated rings. The Morgan fingerprint density at radius 3 is 1.57 bits per heavy atom. The summed E-state index contributed by atoms with van der Waals surface area (Å²) < 4.78 is 21.1. The number of aromatic amines is 1. The number of nitrogens with one attached hydrogen (secondary N) is 3. The van der Waals surface area contributed by atoms with Gasteiger partial charge in [-0.25, -0.2) is 4.98 Å². The van der Waals surface area contributed by atoms with Gasteiger partial charge in [0.15, 0.2) is 5.78 Å². The maximum atomic E-state index is 12.6. The summed E-state index contributed by atoms with van der Waals surface area (Å²) in [4.78, 5) is 112. The Morgan fingerprint density at radius 1 is 0.554 bits per heavy atom. The molecule has 6 N–H and O–H groups in total. The molecular weight excluding hydrogens is 1070 g/mol. The van der Waals surface area contributed by atoms with Crippen molar-refractivity contribution in [1.82, 2.24) is 20.6 Å². The quantitative estimate of drug-likeness (QED) is 0.0330. The van der Waals surface area contributed by atoms with Crippen molar-refractivity contribution in [2.75, 3.05) is 65.9 Å². The van der Waals surface area contributed by atoms with Gasteiger partial charge in [0.2, 0.25) is 11.8 Å². The summed E-state index contributed by atoms with van der Waals surface area (Å²) in [5, 5.41) is 32.6. The fourth-order valence-corrected chi connectivity index (χ4v) is 10.2. The third kappa shape index (κ3) is 47.1. The van der Waals surface area contributed by atoms with Crippen LogP contribution in [-0.2, 0) is 68.5 Å². The number of aromatic nitrogens is 2. The van der Waals surface area contributed by atoms with Gasteiger partial charge >= 0.3 is 17.9 Å². The van der Waals surface area contributed by atoms with Crippen LogP contribution in [0.5, 0.6) is 0 Å². The molecular formula is C63H110N4O16. The Morgan fingerprint density at radius 2 is 1.05 bits per heavy atom. The number of hydrogen-bond acceptors (Lipinski definition) is 14. The molecule has 1 aliphatic rings. The number of H-pyrrole nitrogens is 1. The van der Waals surface area contributed by atoms with Gasteiger partial charge in [-0.2, -0.15) is 0 Å². The molecule has 0 saturated heterocycles. The van der Waals surface area contributed by atoms with Gasteiger partial charge in [-0.3, -0.25) is 43.2 Å². The zero-order valence-electron chi connectivity index (χ0n) is 50.9. The number of aryl methyl sites for hydroxylation is 1. The predicted molar refractivity (Wildman–Crippen MR) is 319 cm³/mol. The maximum Gasteiger partial charge on any atom is 0.306 e. The van der Waals surface area contributed by atoms with Crippen LogP contribution >= 0.6 is 0 Å². The first-order chi connectivity index (χ1) is 40.1. The van der Waals surface area contributed by atoms with Crippen molar-refractivity contribution in [3.8, 4) is 0 Å². The standard InChI is InChI=1S/C35H62O6.C28H46N4O10.H2/c1-2-19-31(35(40)41)28-33(37)30-25-22-29(23-26-30)24-27-32(36)20-17-15-13-11-9-7-5-3-4-6-8-10-12-14-16-18-21-34(38)39;1-22(33)30-9-11-39-14-16-42-20-27(36)31-10-12-40-13-15-41-19-26(35)6-4-2-3-5-23(28(37)38)17-25(34)8-7-24-18-29-21-32-24;/h29-31H,2-28H2,1H3,(H,38,39)(H,40,41);18,21,23H,2-17,19-20H2,1H3,(H,29,32)(H,30,33)(H,31,36)(H,37,38);1H/t;23-;/m.1./s1. The third-order valence-corrected chi connectivity index (χ3v) is 15.2. The van der Waals surface area contributed by atoms with Crippen molar-refractivity contribution in [2.45, 2.75) is 239 Å². The molecule has 20 nitrogen and oxygen atoms in total. The van der Waals surface area contributed by atoms with Crippen molar-refractivity contribution in [1.29, 1.82) is 0 Å². The molecule has 2 rings (SSSR count). The van der Waals surface area contributed by atoms with Crippen molar-refractivity contribution in [2.24, 2.45) is 23.7 Å². The minimum atomic E-state index is -0.970. The first-order valence-electron chi connectivity index (χ1n) is 31.7. The Bertz CT molecular complexity index is 1900. The summed E-state index contributed by atoms with van der Waals surface area (Å²) in [7, 11) is 0. The molecule has 1 saturated carbocycles. The van der Waals surface area contributed by atoms with Gasteiger partial charge in [0, 0.05) is 84.2 Å². The third-order valence-electron chi connectivity index (χ3n) is 15.2. The number of Topliss-reactive ketones (excluding diaryl/α,β-unsaturated/α-hetero) is 4. The summed E-state index contributed by atoms with van der Waals surface area (Å²) in [6.45, 7) is 5.82. The van der Waals surface area contributed by atoms with Crippen LogP contribution in [-0.4, -0.2) is 144 Å². The lowest BCUT2D eigenvalue weighted by atomic mass is 9.76. The number of carboxylic acids is 3. The van der Waals surface area contributed by atoms with Crippen LogP contribution in [0.4, 0.5) is 0 Å². The van der Waals surface area contributed by atoms with Gasteiger partial charge in [0.25, 0.3) is 0 Å². The molecule has 1 aliphatic carbocycles. The number of ketones is 4. The van der Waals surface area contributed by atoms with E-state index < -0.39 is 29.7 Å². The second-order valence-corrected chi connectivity index (χ2v) is 22.5.